The molecule has 17 heavy (non-hydrogen) atoms. The minimum absolute atomic E-state index is 0.478. The Morgan fingerprint density at radius 2 is 2.35 bits per heavy atom. The molecule has 90 valence electrons. The first-order valence-corrected chi connectivity index (χ1v) is 5.76. The van der Waals surface area contributed by atoms with Gasteiger partial charge in [-0.3, -0.25) is 0 Å². The summed E-state index contributed by atoms with van der Waals surface area (Å²) in [6.07, 6.45) is 1.11. The van der Waals surface area contributed by atoms with Crippen LogP contribution in [0.15, 0.2) is 36.4 Å². The van der Waals surface area contributed by atoms with Gasteiger partial charge in [0.25, 0.3) is 0 Å². The van der Waals surface area contributed by atoms with Gasteiger partial charge in [-0.2, -0.15) is 5.26 Å². The van der Waals surface area contributed by atoms with Crippen LogP contribution in [0.3, 0.4) is 0 Å². The van der Waals surface area contributed by atoms with Crippen LogP contribution in [0.4, 0.5) is 0 Å². The minimum atomic E-state index is 0.478. The molecule has 0 saturated heterocycles. The Labute approximate surface area is 103 Å². The number of nitrogens with one attached hydrogen (secondary N) is 1. The van der Waals surface area contributed by atoms with Crippen molar-refractivity contribution in [3.05, 3.63) is 42.0 Å². The van der Waals surface area contributed by atoms with E-state index in [1.807, 2.05) is 12.1 Å². The van der Waals surface area contributed by atoms with Gasteiger partial charge in [-0.05, 0) is 36.7 Å². The second-order valence-electron chi connectivity index (χ2n) is 3.86. The zero-order valence-corrected chi connectivity index (χ0v) is 10.2. The van der Waals surface area contributed by atoms with Gasteiger partial charge in [0.05, 0.1) is 11.6 Å². The van der Waals surface area contributed by atoms with Gasteiger partial charge in [0.2, 0.25) is 0 Å². The number of rotatable bonds is 7. The quantitative estimate of drug-likeness (QED) is 0.578. The van der Waals surface area contributed by atoms with Gasteiger partial charge in [0, 0.05) is 6.54 Å². The monoisotopic (exact) mass is 230 g/mol. The van der Waals surface area contributed by atoms with Crippen LogP contribution in [0.1, 0.15) is 18.9 Å². The average molecular weight is 230 g/mol. The van der Waals surface area contributed by atoms with E-state index in [0.717, 1.165) is 25.1 Å². The lowest BCUT2D eigenvalue weighted by Crippen LogP contribution is -2.20. The average Bonchev–Trinajstić information content (AvgIpc) is 2.37. The van der Waals surface area contributed by atoms with Crippen LogP contribution in [0, 0.1) is 11.3 Å². The van der Waals surface area contributed by atoms with Crippen molar-refractivity contribution < 1.29 is 4.74 Å². The summed E-state index contributed by atoms with van der Waals surface area (Å²) in [5.74, 6) is 0.709. The highest BCUT2D eigenvalue weighted by atomic mass is 16.5. The molecule has 1 aromatic rings. The summed E-state index contributed by atoms with van der Waals surface area (Å²) in [5.41, 5.74) is 1.61. The molecule has 0 amide bonds. The highest BCUT2D eigenvalue weighted by Crippen LogP contribution is 2.13. The molecule has 1 N–H and O–H groups in total. The van der Waals surface area contributed by atoms with E-state index in [9.17, 15) is 0 Å². The molecule has 3 heteroatoms. The molecule has 0 aliphatic heterocycles. The number of hydrogen-bond donors (Lipinski definition) is 1. The van der Waals surface area contributed by atoms with E-state index in [2.05, 4.69) is 24.9 Å². The van der Waals surface area contributed by atoms with E-state index < -0.39 is 0 Å². The van der Waals surface area contributed by atoms with Crippen LogP contribution >= 0.6 is 0 Å². The molecular formula is C14H18N2O. The lowest BCUT2D eigenvalue weighted by molar-refractivity contribution is 0.348. The summed E-state index contributed by atoms with van der Waals surface area (Å²) in [6.45, 7) is 8.29. The third kappa shape index (κ3) is 5.19. The number of ether oxygens (including phenoxy) is 1. The second kappa shape index (κ2) is 7.48. The first-order valence-electron chi connectivity index (χ1n) is 5.76. The predicted octanol–water partition coefficient (Wildman–Crippen LogP) is 2.49. The molecule has 0 aromatic heterocycles. The molecule has 0 fully saturated rings. The zero-order chi connectivity index (χ0) is 12.5. The summed E-state index contributed by atoms with van der Waals surface area (Å²) in [4.78, 5) is 0. The normalized spacial score (nSPS) is 9.65. The van der Waals surface area contributed by atoms with E-state index >= 15 is 0 Å². The molecule has 0 aliphatic carbocycles. The fraction of sp³-hybridized carbons (Fsp3) is 0.357. The van der Waals surface area contributed by atoms with E-state index in [0.29, 0.717) is 17.9 Å². The smallest absolute Gasteiger partial charge is 0.121 e. The zero-order valence-electron chi connectivity index (χ0n) is 10.2. The van der Waals surface area contributed by atoms with Gasteiger partial charge in [-0.25, -0.2) is 0 Å². The summed E-state index contributed by atoms with van der Waals surface area (Å²) >= 11 is 0. The Hall–Kier alpha value is -1.79. The van der Waals surface area contributed by atoms with Crippen molar-refractivity contribution in [3.63, 3.8) is 0 Å². The fourth-order valence-electron chi connectivity index (χ4n) is 1.33. The van der Waals surface area contributed by atoms with Crippen LogP contribution in [0.2, 0.25) is 0 Å². The van der Waals surface area contributed by atoms with Crippen LogP contribution in [0.5, 0.6) is 5.75 Å². The van der Waals surface area contributed by atoms with Gasteiger partial charge in [-0.15, -0.1) is 0 Å². The van der Waals surface area contributed by atoms with Crippen molar-refractivity contribution in [3.8, 4) is 11.8 Å². The highest BCUT2D eigenvalue weighted by molar-refractivity contribution is 5.36. The second-order valence-corrected chi connectivity index (χ2v) is 3.86. The molecule has 1 aromatic carbocycles. The molecule has 3 nitrogen and oxygen atoms in total. The van der Waals surface area contributed by atoms with Crippen LogP contribution < -0.4 is 10.1 Å². The number of nitriles is 1. The number of nitrogens with zero attached hydrogens (tertiary/aromatic N) is 1. The predicted molar refractivity (Wildman–Crippen MR) is 69.0 cm³/mol. The maximum atomic E-state index is 8.75. The molecule has 0 radical (unpaired) electrons. The SMILES string of the molecule is C=C(CNCCC)COc1cccc(C#N)c1. The molecular weight excluding hydrogens is 212 g/mol. The van der Waals surface area contributed by atoms with Gasteiger partial charge in [0.15, 0.2) is 0 Å². The molecule has 0 unspecified atom stereocenters. The van der Waals surface area contributed by atoms with Crippen LogP contribution in [-0.2, 0) is 0 Å². The third-order valence-electron chi connectivity index (χ3n) is 2.21. The standard InChI is InChI=1S/C14H18N2O/c1-3-7-16-10-12(2)11-17-14-6-4-5-13(8-14)9-15/h4-6,8,16H,2-3,7,10-11H2,1H3. The van der Waals surface area contributed by atoms with E-state index in [1.54, 1.807) is 12.1 Å². The topological polar surface area (TPSA) is 45.0 Å². The first-order chi connectivity index (χ1) is 8.26. The van der Waals surface area contributed by atoms with Crippen LogP contribution in [0.25, 0.3) is 0 Å². The Balaban J connectivity index is 2.34. The lowest BCUT2D eigenvalue weighted by atomic mass is 10.2. The Morgan fingerprint density at radius 3 is 3.06 bits per heavy atom. The maximum Gasteiger partial charge on any atom is 0.121 e. The van der Waals surface area contributed by atoms with Crippen molar-refractivity contribution in [1.82, 2.24) is 5.32 Å². The summed E-state index contributed by atoms with van der Waals surface area (Å²) < 4.78 is 5.55. The molecule has 0 saturated carbocycles. The van der Waals surface area contributed by atoms with Gasteiger partial charge in [0.1, 0.15) is 12.4 Å². The van der Waals surface area contributed by atoms with Gasteiger partial charge < -0.3 is 10.1 Å². The minimum Gasteiger partial charge on any atom is -0.489 e. The molecule has 0 heterocycles. The largest absolute Gasteiger partial charge is 0.489 e. The van der Waals surface area contributed by atoms with Crippen molar-refractivity contribution in [1.29, 1.82) is 5.26 Å². The molecule has 0 aliphatic rings. The number of benzene rings is 1. The van der Waals surface area contributed by atoms with Crippen molar-refractivity contribution in [2.75, 3.05) is 19.7 Å². The highest BCUT2D eigenvalue weighted by Gasteiger charge is 1.98. The Kier molecular flexibility index (Phi) is 5.84. The van der Waals surface area contributed by atoms with Crippen molar-refractivity contribution >= 4 is 0 Å². The maximum absolute atomic E-state index is 8.75. The third-order valence-corrected chi connectivity index (χ3v) is 2.21. The van der Waals surface area contributed by atoms with E-state index in [4.69, 9.17) is 10.00 Å². The summed E-state index contributed by atoms with van der Waals surface area (Å²) in [6, 6.07) is 9.22. The summed E-state index contributed by atoms with van der Waals surface area (Å²) in [7, 11) is 0. The molecule has 0 atom stereocenters. The molecule has 0 bridgehead atoms. The van der Waals surface area contributed by atoms with Crippen LogP contribution in [-0.4, -0.2) is 19.7 Å². The lowest BCUT2D eigenvalue weighted by Gasteiger charge is -2.09. The summed E-state index contributed by atoms with van der Waals surface area (Å²) in [5, 5.41) is 12.0. The molecule has 0 spiro atoms. The Morgan fingerprint density at radius 1 is 1.53 bits per heavy atom. The van der Waals surface area contributed by atoms with E-state index in [1.165, 1.54) is 0 Å². The van der Waals surface area contributed by atoms with Crippen molar-refractivity contribution in [2.24, 2.45) is 0 Å². The fourth-order valence-corrected chi connectivity index (χ4v) is 1.33. The van der Waals surface area contributed by atoms with Gasteiger partial charge in [-0.1, -0.05) is 19.6 Å². The van der Waals surface area contributed by atoms with E-state index in [-0.39, 0.29) is 0 Å². The Bertz CT molecular complexity index is 407. The first kappa shape index (κ1) is 13.3. The molecule has 1 rings (SSSR count). The van der Waals surface area contributed by atoms with Crippen molar-refractivity contribution in [2.45, 2.75) is 13.3 Å². The number of hydrogen-bond acceptors (Lipinski definition) is 3. The van der Waals surface area contributed by atoms with Gasteiger partial charge >= 0.3 is 0 Å².